The maximum atomic E-state index is 11.0. The molecule has 2 aromatic rings. The topological polar surface area (TPSA) is 35.5 Å². The monoisotopic (exact) mass is 384 g/mol. The molecule has 0 heterocycles. The number of ether oxygens (including phenoxy) is 1. The molecular formula is C23H32O3Si. The van der Waals surface area contributed by atoms with Gasteiger partial charge in [-0.15, -0.1) is 0 Å². The van der Waals surface area contributed by atoms with Crippen molar-refractivity contribution in [1.29, 1.82) is 0 Å². The molecule has 0 aromatic heterocycles. The van der Waals surface area contributed by atoms with Crippen molar-refractivity contribution in [2.75, 3.05) is 6.61 Å². The molecule has 0 spiro atoms. The van der Waals surface area contributed by atoms with E-state index in [-0.39, 0.29) is 17.1 Å². The fraction of sp³-hybridized carbons (Fsp3) is 0.435. The van der Waals surface area contributed by atoms with Crippen LogP contribution in [-0.2, 0) is 14.0 Å². The van der Waals surface area contributed by atoms with E-state index in [9.17, 15) is 4.79 Å². The van der Waals surface area contributed by atoms with Gasteiger partial charge in [-0.3, -0.25) is 4.79 Å². The van der Waals surface area contributed by atoms with Crippen LogP contribution in [0.4, 0.5) is 0 Å². The molecule has 0 saturated heterocycles. The van der Waals surface area contributed by atoms with E-state index in [1.165, 1.54) is 17.3 Å². The van der Waals surface area contributed by atoms with Gasteiger partial charge in [0.15, 0.2) is 0 Å². The lowest BCUT2D eigenvalue weighted by molar-refractivity contribution is -0.141. The van der Waals surface area contributed by atoms with Gasteiger partial charge in [0.25, 0.3) is 8.32 Å². The summed E-state index contributed by atoms with van der Waals surface area (Å²) in [6, 6.07) is 21.3. The van der Waals surface area contributed by atoms with Crippen molar-refractivity contribution in [2.45, 2.75) is 58.6 Å². The first kappa shape index (κ1) is 21.4. The first-order valence-electron chi connectivity index (χ1n) is 9.69. The SMILES string of the molecule is CC(=O)OCCCC(C)O[Si](c1ccccc1)(c1ccccc1)C(C)(C)C. The largest absolute Gasteiger partial charge is 0.466 e. The molecule has 146 valence electrons. The molecule has 0 amide bonds. The first-order valence-corrected chi connectivity index (χ1v) is 11.6. The molecule has 3 nitrogen and oxygen atoms in total. The van der Waals surface area contributed by atoms with Crippen LogP contribution in [0.3, 0.4) is 0 Å². The number of esters is 1. The van der Waals surface area contributed by atoms with E-state index in [0.29, 0.717) is 6.61 Å². The fourth-order valence-corrected chi connectivity index (χ4v) is 8.37. The molecule has 0 aliphatic rings. The number of carbonyl (C=O) groups excluding carboxylic acids is 1. The smallest absolute Gasteiger partial charge is 0.302 e. The summed E-state index contributed by atoms with van der Waals surface area (Å²) in [7, 11) is -2.50. The molecule has 0 aliphatic carbocycles. The molecular weight excluding hydrogens is 352 g/mol. The molecule has 4 heteroatoms. The molecule has 0 saturated carbocycles. The van der Waals surface area contributed by atoms with Gasteiger partial charge in [0.05, 0.1) is 6.61 Å². The summed E-state index contributed by atoms with van der Waals surface area (Å²) in [5.74, 6) is -0.226. The van der Waals surface area contributed by atoms with Crippen LogP contribution >= 0.6 is 0 Å². The van der Waals surface area contributed by atoms with Crippen molar-refractivity contribution in [3.8, 4) is 0 Å². The zero-order valence-electron chi connectivity index (χ0n) is 17.2. The predicted molar refractivity (Wildman–Crippen MR) is 114 cm³/mol. The third-order valence-corrected chi connectivity index (χ3v) is 10.0. The molecule has 27 heavy (non-hydrogen) atoms. The number of hydrogen-bond donors (Lipinski definition) is 0. The number of benzene rings is 2. The quantitative estimate of drug-likeness (QED) is 0.387. The molecule has 0 fully saturated rings. The zero-order valence-corrected chi connectivity index (χ0v) is 18.2. The summed E-state index contributed by atoms with van der Waals surface area (Å²) >= 11 is 0. The van der Waals surface area contributed by atoms with Gasteiger partial charge in [-0.05, 0) is 35.2 Å². The Morgan fingerprint density at radius 1 is 0.963 bits per heavy atom. The number of hydrogen-bond acceptors (Lipinski definition) is 3. The lowest BCUT2D eigenvalue weighted by Gasteiger charge is -2.44. The minimum atomic E-state index is -2.50. The van der Waals surface area contributed by atoms with E-state index in [1.807, 2.05) is 0 Å². The molecule has 2 rings (SSSR count). The lowest BCUT2D eigenvalue weighted by atomic mass is 10.2. The van der Waals surface area contributed by atoms with Crippen molar-refractivity contribution in [3.05, 3.63) is 60.7 Å². The van der Waals surface area contributed by atoms with Crippen LogP contribution in [-0.4, -0.2) is 27.0 Å². The maximum absolute atomic E-state index is 11.0. The molecule has 2 aromatic carbocycles. The van der Waals surface area contributed by atoms with Crippen LogP contribution < -0.4 is 10.4 Å². The minimum absolute atomic E-state index is 0.0279. The average Bonchev–Trinajstić information content (AvgIpc) is 2.63. The van der Waals surface area contributed by atoms with E-state index in [0.717, 1.165) is 12.8 Å². The fourth-order valence-electron chi connectivity index (χ4n) is 3.64. The van der Waals surface area contributed by atoms with Gasteiger partial charge in [-0.1, -0.05) is 81.4 Å². The van der Waals surface area contributed by atoms with Crippen molar-refractivity contribution in [3.63, 3.8) is 0 Å². The Morgan fingerprint density at radius 2 is 1.44 bits per heavy atom. The van der Waals surface area contributed by atoms with E-state index in [4.69, 9.17) is 9.16 Å². The van der Waals surface area contributed by atoms with Gasteiger partial charge in [-0.2, -0.15) is 0 Å². The van der Waals surface area contributed by atoms with E-state index < -0.39 is 8.32 Å². The van der Waals surface area contributed by atoms with Crippen LogP contribution in [0.2, 0.25) is 5.04 Å². The van der Waals surface area contributed by atoms with Gasteiger partial charge in [0.2, 0.25) is 0 Å². The van der Waals surface area contributed by atoms with E-state index in [1.54, 1.807) is 0 Å². The third-order valence-electron chi connectivity index (χ3n) is 4.86. The van der Waals surface area contributed by atoms with E-state index in [2.05, 4.69) is 88.4 Å². The van der Waals surface area contributed by atoms with Crippen molar-refractivity contribution < 1.29 is 14.0 Å². The summed E-state index contributed by atoms with van der Waals surface area (Å²) in [5, 5.41) is 2.55. The summed E-state index contributed by atoms with van der Waals surface area (Å²) in [6.45, 7) is 10.9. The van der Waals surface area contributed by atoms with Crippen LogP contribution in [0.1, 0.15) is 47.5 Å². The lowest BCUT2D eigenvalue weighted by Crippen LogP contribution is -2.67. The second-order valence-electron chi connectivity index (χ2n) is 8.07. The Balaban J connectivity index is 2.36. The minimum Gasteiger partial charge on any atom is -0.466 e. The highest BCUT2D eigenvalue weighted by Gasteiger charge is 2.50. The predicted octanol–water partition coefficient (Wildman–Crippen LogP) is 4.29. The van der Waals surface area contributed by atoms with Crippen LogP contribution in [0.25, 0.3) is 0 Å². The Morgan fingerprint density at radius 3 is 1.85 bits per heavy atom. The van der Waals surface area contributed by atoms with Gasteiger partial charge >= 0.3 is 5.97 Å². The second-order valence-corrected chi connectivity index (χ2v) is 12.3. The summed E-state index contributed by atoms with van der Waals surface area (Å²) < 4.78 is 12.1. The normalized spacial score (nSPS) is 13.2. The second kappa shape index (κ2) is 9.33. The number of carbonyl (C=O) groups is 1. The molecule has 0 N–H and O–H groups in total. The Hall–Kier alpha value is -1.91. The first-order chi connectivity index (χ1) is 12.8. The van der Waals surface area contributed by atoms with Crippen LogP contribution in [0.15, 0.2) is 60.7 Å². The Kier molecular flexibility index (Phi) is 7.39. The molecule has 0 aliphatic heterocycles. The average molecular weight is 385 g/mol. The summed E-state index contributed by atoms with van der Waals surface area (Å²) in [6.07, 6.45) is 1.74. The molecule has 0 bridgehead atoms. The Labute approximate surface area is 164 Å². The van der Waals surface area contributed by atoms with Crippen LogP contribution in [0.5, 0.6) is 0 Å². The summed E-state index contributed by atoms with van der Waals surface area (Å²) in [4.78, 5) is 11.0. The van der Waals surface area contributed by atoms with Crippen molar-refractivity contribution in [2.24, 2.45) is 0 Å². The highest BCUT2D eigenvalue weighted by Crippen LogP contribution is 2.37. The zero-order chi connectivity index (χ0) is 19.9. The standard InChI is InChI=1S/C23H32O3Si/c1-19(13-12-18-25-20(2)24)26-27(23(3,4)5,21-14-8-6-9-15-21)22-16-10-7-11-17-22/h6-11,14-17,19H,12-13,18H2,1-5H3. The summed E-state index contributed by atoms with van der Waals surface area (Å²) in [5.41, 5.74) is 0. The Bertz CT molecular complexity index is 668. The van der Waals surface area contributed by atoms with Gasteiger partial charge in [0.1, 0.15) is 0 Å². The third kappa shape index (κ3) is 5.30. The van der Waals surface area contributed by atoms with Crippen molar-refractivity contribution in [1.82, 2.24) is 0 Å². The number of rotatable bonds is 8. The molecule has 1 unspecified atom stereocenters. The highest BCUT2D eigenvalue weighted by molar-refractivity contribution is 6.99. The van der Waals surface area contributed by atoms with Crippen molar-refractivity contribution >= 4 is 24.7 Å². The van der Waals surface area contributed by atoms with Gasteiger partial charge < -0.3 is 9.16 Å². The van der Waals surface area contributed by atoms with Gasteiger partial charge in [-0.25, -0.2) is 0 Å². The molecule has 0 radical (unpaired) electrons. The van der Waals surface area contributed by atoms with E-state index >= 15 is 0 Å². The van der Waals surface area contributed by atoms with Gasteiger partial charge in [0, 0.05) is 13.0 Å². The van der Waals surface area contributed by atoms with Crippen LogP contribution in [0, 0.1) is 0 Å². The molecule has 1 atom stereocenters. The highest BCUT2D eigenvalue weighted by atomic mass is 28.4. The maximum Gasteiger partial charge on any atom is 0.302 e.